The average Bonchev–Trinajstić information content (AvgIpc) is 2.75. The predicted octanol–water partition coefficient (Wildman–Crippen LogP) is 1.99. The van der Waals surface area contributed by atoms with Crippen LogP contribution in [0, 0.1) is 17.6 Å². The minimum Gasteiger partial charge on any atom is -0.328 e. The van der Waals surface area contributed by atoms with Crippen LogP contribution < -0.4 is 11.1 Å². The summed E-state index contributed by atoms with van der Waals surface area (Å²) in [5, 5.41) is 2.50. The Morgan fingerprint density at radius 3 is 2.57 bits per heavy atom. The van der Waals surface area contributed by atoms with E-state index in [4.69, 9.17) is 5.73 Å². The van der Waals surface area contributed by atoms with Gasteiger partial charge >= 0.3 is 0 Å². The molecule has 2 unspecified atom stereocenters. The van der Waals surface area contributed by atoms with Crippen molar-refractivity contribution in [2.45, 2.75) is 19.4 Å². The number of halogens is 3. The minimum absolute atomic E-state index is 0. The first-order valence-corrected chi connectivity index (χ1v) is 6.68. The maximum Gasteiger partial charge on any atom is 0.238 e. The Morgan fingerprint density at radius 1 is 1.43 bits per heavy atom. The van der Waals surface area contributed by atoms with Crippen molar-refractivity contribution < 1.29 is 13.6 Å². The van der Waals surface area contributed by atoms with Crippen molar-refractivity contribution in [1.82, 2.24) is 4.90 Å². The topological polar surface area (TPSA) is 58.4 Å². The Bertz CT molecular complexity index is 479. The van der Waals surface area contributed by atoms with Crippen LogP contribution in [0.2, 0.25) is 0 Å². The molecule has 3 N–H and O–H groups in total. The van der Waals surface area contributed by atoms with Crippen molar-refractivity contribution in [2.24, 2.45) is 11.7 Å². The number of nitrogens with zero attached hydrogens (tertiary/aromatic N) is 1. The van der Waals surface area contributed by atoms with Gasteiger partial charge in [0.25, 0.3) is 0 Å². The number of carbonyl (C=O) groups is 1. The fraction of sp³-hybridized carbons (Fsp3) is 0.500. The van der Waals surface area contributed by atoms with Gasteiger partial charge in [0.05, 0.1) is 6.54 Å². The molecule has 0 saturated carbocycles. The third-order valence-electron chi connectivity index (χ3n) is 3.57. The van der Waals surface area contributed by atoms with Crippen LogP contribution in [-0.2, 0) is 4.79 Å². The molecule has 21 heavy (non-hydrogen) atoms. The number of carbonyl (C=O) groups excluding carboxylic acids is 1. The smallest absolute Gasteiger partial charge is 0.238 e. The van der Waals surface area contributed by atoms with E-state index < -0.39 is 11.6 Å². The van der Waals surface area contributed by atoms with Gasteiger partial charge in [0.15, 0.2) is 0 Å². The first kappa shape index (κ1) is 17.8. The van der Waals surface area contributed by atoms with Crippen molar-refractivity contribution >= 4 is 24.0 Å². The molecule has 1 heterocycles. The number of benzene rings is 1. The molecule has 0 aromatic heterocycles. The number of hydrogen-bond donors (Lipinski definition) is 2. The molecule has 0 aliphatic carbocycles. The van der Waals surface area contributed by atoms with Gasteiger partial charge < -0.3 is 11.1 Å². The molecule has 2 rings (SSSR count). The highest BCUT2D eigenvalue weighted by Gasteiger charge is 2.26. The molecule has 0 spiro atoms. The van der Waals surface area contributed by atoms with Crippen LogP contribution in [0.4, 0.5) is 14.5 Å². The van der Waals surface area contributed by atoms with Crippen molar-refractivity contribution in [2.75, 3.05) is 25.0 Å². The monoisotopic (exact) mass is 319 g/mol. The average molecular weight is 320 g/mol. The van der Waals surface area contributed by atoms with Crippen molar-refractivity contribution in [1.29, 1.82) is 0 Å². The first-order valence-electron chi connectivity index (χ1n) is 6.68. The zero-order valence-electron chi connectivity index (χ0n) is 11.8. The Hall–Kier alpha value is -1.24. The third kappa shape index (κ3) is 5.22. The van der Waals surface area contributed by atoms with Crippen LogP contribution in [0.3, 0.4) is 0 Å². The van der Waals surface area contributed by atoms with E-state index in [2.05, 4.69) is 5.32 Å². The molecule has 1 aliphatic rings. The number of likely N-dealkylation sites (tertiary alicyclic amines) is 1. The fourth-order valence-electron chi connectivity index (χ4n) is 2.46. The van der Waals surface area contributed by atoms with Gasteiger partial charge in [-0.2, -0.15) is 0 Å². The number of hydrogen-bond acceptors (Lipinski definition) is 3. The molecule has 1 saturated heterocycles. The molecule has 1 aliphatic heterocycles. The standard InChI is InChI=1S/C14H19F2N3O.ClH/c1-9(17)10-2-3-19(7-10)8-14(20)18-13-5-11(15)4-12(16)6-13;/h4-6,9-10H,2-3,7-8,17H2,1H3,(H,18,20);1H. The number of rotatable bonds is 4. The van der Waals surface area contributed by atoms with Gasteiger partial charge in [0, 0.05) is 24.3 Å². The molecule has 2 atom stereocenters. The van der Waals surface area contributed by atoms with Crippen molar-refractivity contribution in [3.63, 3.8) is 0 Å². The van der Waals surface area contributed by atoms with E-state index in [-0.39, 0.29) is 36.6 Å². The van der Waals surface area contributed by atoms with Gasteiger partial charge in [-0.3, -0.25) is 9.69 Å². The molecule has 118 valence electrons. The quantitative estimate of drug-likeness (QED) is 0.892. The lowest BCUT2D eigenvalue weighted by atomic mass is 10.0. The maximum absolute atomic E-state index is 13.0. The number of amides is 1. The maximum atomic E-state index is 13.0. The van der Waals surface area contributed by atoms with E-state index in [1.54, 1.807) is 0 Å². The number of anilines is 1. The minimum atomic E-state index is -0.710. The molecule has 7 heteroatoms. The second kappa shape index (κ2) is 7.68. The van der Waals surface area contributed by atoms with E-state index in [0.29, 0.717) is 5.92 Å². The molecule has 1 fully saturated rings. The van der Waals surface area contributed by atoms with Crippen LogP contribution in [0.15, 0.2) is 18.2 Å². The van der Waals surface area contributed by atoms with Gasteiger partial charge in [-0.15, -0.1) is 12.4 Å². The second-order valence-electron chi connectivity index (χ2n) is 5.35. The van der Waals surface area contributed by atoms with E-state index in [1.807, 2.05) is 11.8 Å². The largest absolute Gasteiger partial charge is 0.328 e. The summed E-state index contributed by atoms with van der Waals surface area (Å²) < 4.78 is 26.0. The predicted molar refractivity (Wildman–Crippen MR) is 80.4 cm³/mol. The summed E-state index contributed by atoms with van der Waals surface area (Å²) in [6.45, 7) is 3.77. The number of nitrogens with one attached hydrogen (secondary N) is 1. The van der Waals surface area contributed by atoms with Crippen LogP contribution in [0.5, 0.6) is 0 Å². The molecule has 1 aromatic carbocycles. The molecule has 1 amide bonds. The van der Waals surface area contributed by atoms with E-state index in [1.165, 1.54) is 0 Å². The normalized spacial score (nSPS) is 19.9. The molecule has 1 aromatic rings. The summed E-state index contributed by atoms with van der Waals surface area (Å²) in [5.41, 5.74) is 5.97. The molecule has 4 nitrogen and oxygen atoms in total. The van der Waals surface area contributed by atoms with Crippen molar-refractivity contribution in [3.05, 3.63) is 29.8 Å². The van der Waals surface area contributed by atoms with E-state index >= 15 is 0 Å². The molecular weight excluding hydrogens is 300 g/mol. The van der Waals surface area contributed by atoms with Crippen molar-refractivity contribution in [3.8, 4) is 0 Å². The highest BCUT2D eigenvalue weighted by Crippen LogP contribution is 2.18. The second-order valence-corrected chi connectivity index (χ2v) is 5.35. The Labute approximate surface area is 129 Å². The Morgan fingerprint density at radius 2 is 2.05 bits per heavy atom. The fourth-order valence-corrected chi connectivity index (χ4v) is 2.46. The zero-order chi connectivity index (χ0) is 14.7. The summed E-state index contributed by atoms with van der Waals surface area (Å²) in [7, 11) is 0. The highest BCUT2D eigenvalue weighted by atomic mass is 35.5. The SMILES string of the molecule is CC(N)C1CCN(CC(=O)Nc2cc(F)cc(F)c2)C1.Cl. The van der Waals surface area contributed by atoms with Crippen LogP contribution in [0.25, 0.3) is 0 Å². The Balaban J connectivity index is 0.00000220. The summed E-state index contributed by atoms with van der Waals surface area (Å²) in [6.07, 6.45) is 0.972. The lowest BCUT2D eigenvalue weighted by Gasteiger charge is -2.17. The summed E-state index contributed by atoms with van der Waals surface area (Å²) >= 11 is 0. The Kier molecular flexibility index (Phi) is 6.51. The summed E-state index contributed by atoms with van der Waals surface area (Å²) in [5.74, 6) is -1.30. The highest BCUT2D eigenvalue weighted by molar-refractivity contribution is 5.92. The summed E-state index contributed by atoms with van der Waals surface area (Å²) in [4.78, 5) is 13.8. The zero-order valence-corrected chi connectivity index (χ0v) is 12.6. The number of nitrogens with two attached hydrogens (primary N) is 1. The van der Waals surface area contributed by atoms with Gasteiger partial charge in [-0.25, -0.2) is 8.78 Å². The van der Waals surface area contributed by atoms with Crippen LogP contribution >= 0.6 is 12.4 Å². The van der Waals surface area contributed by atoms with Gasteiger partial charge in [0.1, 0.15) is 11.6 Å². The van der Waals surface area contributed by atoms with Gasteiger partial charge in [-0.1, -0.05) is 0 Å². The van der Waals surface area contributed by atoms with Crippen LogP contribution in [0.1, 0.15) is 13.3 Å². The van der Waals surface area contributed by atoms with Gasteiger partial charge in [0.2, 0.25) is 5.91 Å². The lowest BCUT2D eigenvalue weighted by Crippen LogP contribution is -2.34. The van der Waals surface area contributed by atoms with Crippen LogP contribution in [-0.4, -0.2) is 36.5 Å². The molecule has 0 radical (unpaired) electrons. The molecular formula is C14H20ClF2N3O. The molecule has 0 bridgehead atoms. The van der Waals surface area contributed by atoms with Gasteiger partial charge in [-0.05, 0) is 37.9 Å². The first-order chi connectivity index (χ1) is 9.44. The van der Waals surface area contributed by atoms with E-state index in [9.17, 15) is 13.6 Å². The lowest BCUT2D eigenvalue weighted by molar-refractivity contribution is -0.117. The third-order valence-corrected chi connectivity index (χ3v) is 3.57. The van der Waals surface area contributed by atoms with E-state index in [0.717, 1.165) is 37.7 Å². The summed E-state index contributed by atoms with van der Waals surface area (Å²) in [6, 6.07) is 3.06.